The lowest BCUT2D eigenvalue weighted by molar-refractivity contribution is -0.384. The molecule has 0 fully saturated rings. The number of hydrogen-bond acceptors (Lipinski definition) is 6. The van der Waals surface area contributed by atoms with Gasteiger partial charge in [-0.05, 0) is 54.8 Å². The fourth-order valence-corrected chi connectivity index (χ4v) is 2.54. The van der Waals surface area contributed by atoms with E-state index in [4.69, 9.17) is 4.42 Å². The number of aromatic hydroxyl groups is 1. The van der Waals surface area contributed by atoms with E-state index in [0.717, 1.165) is 5.56 Å². The zero-order valence-corrected chi connectivity index (χ0v) is 14.0. The first kappa shape index (κ1) is 17.2. The van der Waals surface area contributed by atoms with Crippen LogP contribution in [0, 0.1) is 24.0 Å². The first-order chi connectivity index (χ1) is 12.3. The van der Waals surface area contributed by atoms with Gasteiger partial charge in [0.25, 0.3) is 5.69 Å². The fourth-order valence-electron chi connectivity index (χ4n) is 2.54. The van der Waals surface area contributed by atoms with Gasteiger partial charge < -0.3 is 9.52 Å². The summed E-state index contributed by atoms with van der Waals surface area (Å²) in [5.41, 5.74) is 4.76. The SMILES string of the molecule is Cc1cc(/C=N/NC(=O)c2cc3cc([N+](=O)[O-])ccc3o2)cc(C)c1O. The van der Waals surface area contributed by atoms with Crippen LogP contribution in [0.3, 0.4) is 0 Å². The standard InChI is InChI=1S/C18H15N3O5/c1-10-5-12(6-11(2)17(10)22)9-19-20-18(23)16-8-13-7-14(21(24)25)3-4-15(13)26-16/h3-9,22H,1-2H3,(H,20,23)/b19-9+. The van der Waals surface area contributed by atoms with Crippen LogP contribution in [0.1, 0.15) is 27.2 Å². The molecule has 3 aromatic rings. The smallest absolute Gasteiger partial charge is 0.307 e. The van der Waals surface area contributed by atoms with Crippen molar-refractivity contribution in [2.75, 3.05) is 0 Å². The number of nitro groups is 1. The molecular weight excluding hydrogens is 338 g/mol. The van der Waals surface area contributed by atoms with Gasteiger partial charge in [-0.3, -0.25) is 14.9 Å². The van der Waals surface area contributed by atoms with E-state index in [9.17, 15) is 20.0 Å². The Morgan fingerprint density at radius 2 is 1.92 bits per heavy atom. The number of phenolic OH excluding ortho intramolecular Hbond substituents is 1. The van der Waals surface area contributed by atoms with E-state index >= 15 is 0 Å². The summed E-state index contributed by atoms with van der Waals surface area (Å²) in [6.07, 6.45) is 1.45. The highest BCUT2D eigenvalue weighted by Crippen LogP contribution is 2.24. The maximum Gasteiger partial charge on any atom is 0.307 e. The average Bonchev–Trinajstić information content (AvgIpc) is 3.02. The van der Waals surface area contributed by atoms with Crippen LogP contribution >= 0.6 is 0 Å². The van der Waals surface area contributed by atoms with Gasteiger partial charge in [-0.1, -0.05) is 0 Å². The highest BCUT2D eigenvalue weighted by atomic mass is 16.6. The van der Waals surface area contributed by atoms with Crippen molar-refractivity contribution >= 4 is 28.8 Å². The number of benzene rings is 2. The Bertz CT molecular complexity index is 1030. The van der Waals surface area contributed by atoms with E-state index in [1.54, 1.807) is 26.0 Å². The second-order valence-corrected chi connectivity index (χ2v) is 5.79. The van der Waals surface area contributed by atoms with Crippen molar-refractivity contribution in [1.82, 2.24) is 5.43 Å². The normalized spacial score (nSPS) is 11.2. The number of aryl methyl sites for hydroxylation is 2. The zero-order chi connectivity index (χ0) is 18.8. The minimum Gasteiger partial charge on any atom is -0.507 e. The number of rotatable bonds is 4. The largest absolute Gasteiger partial charge is 0.507 e. The van der Waals surface area contributed by atoms with Crippen LogP contribution in [0.2, 0.25) is 0 Å². The van der Waals surface area contributed by atoms with Crippen molar-refractivity contribution in [2.24, 2.45) is 5.10 Å². The van der Waals surface area contributed by atoms with Crippen molar-refractivity contribution in [3.05, 3.63) is 69.0 Å². The second-order valence-electron chi connectivity index (χ2n) is 5.79. The number of nitro benzene ring substituents is 1. The highest BCUT2D eigenvalue weighted by Gasteiger charge is 2.14. The van der Waals surface area contributed by atoms with Gasteiger partial charge in [0.05, 0.1) is 11.1 Å². The lowest BCUT2D eigenvalue weighted by Crippen LogP contribution is -2.16. The molecule has 0 bridgehead atoms. The van der Waals surface area contributed by atoms with Crippen LogP contribution in [0.4, 0.5) is 5.69 Å². The molecule has 8 heteroatoms. The maximum atomic E-state index is 12.1. The van der Waals surface area contributed by atoms with E-state index in [0.29, 0.717) is 22.1 Å². The van der Waals surface area contributed by atoms with Gasteiger partial charge in [-0.15, -0.1) is 0 Å². The zero-order valence-electron chi connectivity index (χ0n) is 14.0. The molecular formula is C18H15N3O5. The monoisotopic (exact) mass is 353 g/mol. The molecule has 8 nitrogen and oxygen atoms in total. The van der Waals surface area contributed by atoms with Crippen LogP contribution in [0.5, 0.6) is 5.75 Å². The van der Waals surface area contributed by atoms with Crippen LogP contribution in [-0.4, -0.2) is 22.2 Å². The molecule has 0 spiro atoms. The molecule has 3 rings (SSSR count). The maximum absolute atomic E-state index is 12.1. The lowest BCUT2D eigenvalue weighted by Gasteiger charge is -2.04. The Labute approximate surface area is 147 Å². The number of phenols is 1. The van der Waals surface area contributed by atoms with Crippen molar-refractivity contribution < 1.29 is 19.2 Å². The summed E-state index contributed by atoms with van der Waals surface area (Å²) in [5.74, 6) is -0.356. The third-order valence-electron chi connectivity index (χ3n) is 3.83. The van der Waals surface area contributed by atoms with Gasteiger partial charge in [0.15, 0.2) is 5.76 Å². The number of fused-ring (bicyclic) bond motifs is 1. The number of amides is 1. The summed E-state index contributed by atoms with van der Waals surface area (Å²) in [6, 6.07) is 8.97. The van der Waals surface area contributed by atoms with E-state index in [1.165, 1.54) is 30.5 Å². The molecule has 0 saturated carbocycles. The predicted octanol–water partition coefficient (Wildman–Crippen LogP) is 3.43. The Morgan fingerprint density at radius 1 is 1.23 bits per heavy atom. The molecule has 0 aliphatic rings. The molecule has 0 aliphatic carbocycles. The summed E-state index contributed by atoms with van der Waals surface area (Å²) in [6.45, 7) is 3.54. The molecule has 2 aromatic carbocycles. The van der Waals surface area contributed by atoms with Gasteiger partial charge in [0, 0.05) is 17.5 Å². The molecule has 132 valence electrons. The van der Waals surface area contributed by atoms with Gasteiger partial charge >= 0.3 is 5.91 Å². The van der Waals surface area contributed by atoms with Crippen LogP contribution in [0.15, 0.2) is 45.9 Å². The topological polar surface area (TPSA) is 118 Å². The van der Waals surface area contributed by atoms with E-state index < -0.39 is 10.8 Å². The van der Waals surface area contributed by atoms with Crippen LogP contribution in [0.25, 0.3) is 11.0 Å². The number of furan rings is 1. The highest BCUT2D eigenvalue weighted by molar-refractivity contribution is 5.97. The average molecular weight is 353 g/mol. The minimum absolute atomic E-state index is 0.00397. The Balaban J connectivity index is 1.76. The van der Waals surface area contributed by atoms with Gasteiger partial charge in [0.2, 0.25) is 0 Å². The summed E-state index contributed by atoms with van der Waals surface area (Å²) < 4.78 is 5.38. The van der Waals surface area contributed by atoms with Gasteiger partial charge in [0.1, 0.15) is 11.3 Å². The van der Waals surface area contributed by atoms with Crippen molar-refractivity contribution in [2.45, 2.75) is 13.8 Å². The second kappa shape index (κ2) is 6.67. The fraction of sp³-hybridized carbons (Fsp3) is 0.111. The van der Waals surface area contributed by atoms with E-state index in [-0.39, 0.29) is 17.2 Å². The number of nitrogens with one attached hydrogen (secondary N) is 1. The molecule has 1 aromatic heterocycles. The van der Waals surface area contributed by atoms with Gasteiger partial charge in [-0.2, -0.15) is 5.10 Å². The Morgan fingerprint density at radius 3 is 2.58 bits per heavy atom. The number of nitrogens with zero attached hydrogens (tertiary/aromatic N) is 2. The molecule has 2 N–H and O–H groups in total. The predicted molar refractivity (Wildman–Crippen MR) is 95.5 cm³/mol. The molecule has 1 heterocycles. The molecule has 0 radical (unpaired) electrons. The van der Waals surface area contributed by atoms with Crippen molar-refractivity contribution in [3.8, 4) is 5.75 Å². The van der Waals surface area contributed by atoms with E-state index in [1.807, 2.05) is 0 Å². The summed E-state index contributed by atoms with van der Waals surface area (Å²) in [4.78, 5) is 22.4. The van der Waals surface area contributed by atoms with Crippen molar-refractivity contribution in [1.29, 1.82) is 0 Å². The summed E-state index contributed by atoms with van der Waals surface area (Å²) >= 11 is 0. The quantitative estimate of drug-likeness (QED) is 0.423. The third-order valence-corrected chi connectivity index (χ3v) is 3.83. The van der Waals surface area contributed by atoms with Crippen LogP contribution < -0.4 is 5.43 Å². The Kier molecular flexibility index (Phi) is 4.40. The first-order valence-corrected chi connectivity index (χ1v) is 7.67. The van der Waals surface area contributed by atoms with Gasteiger partial charge in [-0.25, -0.2) is 5.43 Å². The molecule has 0 saturated heterocycles. The van der Waals surface area contributed by atoms with E-state index in [2.05, 4.69) is 10.5 Å². The molecule has 0 atom stereocenters. The number of carbonyl (C=O) groups excluding carboxylic acids is 1. The molecule has 1 amide bonds. The summed E-state index contributed by atoms with van der Waals surface area (Å²) in [7, 11) is 0. The molecule has 26 heavy (non-hydrogen) atoms. The number of hydrazone groups is 1. The van der Waals surface area contributed by atoms with Crippen LogP contribution in [-0.2, 0) is 0 Å². The molecule has 0 aliphatic heterocycles. The van der Waals surface area contributed by atoms with Crippen molar-refractivity contribution in [3.63, 3.8) is 0 Å². The third kappa shape index (κ3) is 3.39. The lowest BCUT2D eigenvalue weighted by atomic mass is 10.1. The molecule has 0 unspecified atom stereocenters. The number of carbonyl (C=O) groups is 1. The minimum atomic E-state index is -0.577. The first-order valence-electron chi connectivity index (χ1n) is 7.67. The number of non-ortho nitro benzene ring substituents is 1. The summed E-state index contributed by atoms with van der Waals surface area (Å²) in [5, 5.41) is 24.9. The Hall–Kier alpha value is -3.68. The number of hydrogen-bond donors (Lipinski definition) is 2.